The van der Waals surface area contributed by atoms with Gasteiger partial charge in [0.25, 0.3) is 0 Å². The fourth-order valence-electron chi connectivity index (χ4n) is 4.08. The van der Waals surface area contributed by atoms with Gasteiger partial charge in [0.1, 0.15) is 12.4 Å². The number of nitrogens with one attached hydrogen (secondary N) is 1. The largest absolute Gasteiger partial charge is 0.507 e. The molecule has 5 rings (SSSR count). The molecule has 162 valence electrons. The standard InChI is InChI=1S/C27H20N2O4/c30-25-12-11-18(16-23(25)26-13-15-29-33-26)6-5-14-28-27(31)32-17-24-21-9-3-1-7-19(21)20-8-2-4-10-22(20)24/h1-4,7-13,15-16,24,30H,14,17H2,(H,28,31). The van der Waals surface area contributed by atoms with E-state index in [0.717, 1.165) is 0 Å². The number of phenols is 1. The predicted molar refractivity (Wildman–Crippen MR) is 124 cm³/mol. The zero-order valence-electron chi connectivity index (χ0n) is 17.6. The molecule has 0 fully saturated rings. The fourth-order valence-corrected chi connectivity index (χ4v) is 4.08. The third-order valence-electron chi connectivity index (χ3n) is 5.60. The molecule has 2 N–H and O–H groups in total. The Balaban J connectivity index is 1.19. The SMILES string of the molecule is O=C(NCC#Cc1ccc(O)c(-c2ccno2)c1)OCC1c2ccccc2-c2ccccc21. The molecule has 33 heavy (non-hydrogen) atoms. The Morgan fingerprint density at radius 1 is 1.00 bits per heavy atom. The van der Waals surface area contributed by atoms with Gasteiger partial charge >= 0.3 is 6.09 Å². The van der Waals surface area contributed by atoms with Crippen molar-refractivity contribution in [3.05, 3.63) is 95.7 Å². The molecule has 6 nitrogen and oxygen atoms in total. The van der Waals surface area contributed by atoms with Crippen LogP contribution < -0.4 is 5.32 Å². The highest BCUT2D eigenvalue weighted by Crippen LogP contribution is 2.44. The fraction of sp³-hybridized carbons (Fsp3) is 0.111. The molecule has 1 aliphatic rings. The second-order valence-electron chi connectivity index (χ2n) is 7.59. The van der Waals surface area contributed by atoms with E-state index in [1.807, 2.05) is 24.3 Å². The van der Waals surface area contributed by atoms with Crippen LogP contribution >= 0.6 is 0 Å². The molecule has 1 heterocycles. The molecule has 1 amide bonds. The van der Waals surface area contributed by atoms with Gasteiger partial charge < -0.3 is 19.7 Å². The zero-order chi connectivity index (χ0) is 22.6. The summed E-state index contributed by atoms with van der Waals surface area (Å²) >= 11 is 0. The van der Waals surface area contributed by atoms with E-state index in [4.69, 9.17) is 9.26 Å². The van der Waals surface area contributed by atoms with Crippen molar-refractivity contribution in [2.45, 2.75) is 5.92 Å². The maximum absolute atomic E-state index is 12.2. The van der Waals surface area contributed by atoms with Gasteiger partial charge in [-0.3, -0.25) is 0 Å². The van der Waals surface area contributed by atoms with Crippen molar-refractivity contribution in [2.75, 3.05) is 13.2 Å². The Morgan fingerprint density at radius 2 is 1.73 bits per heavy atom. The van der Waals surface area contributed by atoms with Crippen LogP contribution in [0.2, 0.25) is 0 Å². The summed E-state index contributed by atoms with van der Waals surface area (Å²) < 4.78 is 10.6. The minimum Gasteiger partial charge on any atom is -0.507 e. The van der Waals surface area contributed by atoms with Gasteiger partial charge in [0.2, 0.25) is 0 Å². The van der Waals surface area contributed by atoms with Crippen molar-refractivity contribution >= 4 is 6.09 Å². The molecule has 0 bridgehead atoms. The molecule has 0 saturated carbocycles. The summed E-state index contributed by atoms with van der Waals surface area (Å²) in [5.74, 6) is 6.40. The number of carbonyl (C=O) groups excluding carboxylic acids is 1. The van der Waals surface area contributed by atoms with Gasteiger partial charge in [0, 0.05) is 17.5 Å². The zero-order valence-corrected chi connectivity index (χ0v) is 17.6. The first-order valence-electron chi connectivity index (χ1n) is 10.5. The van der Waals surface area contributed by atoms with Crippen LogP contribution in [0, 0.1) is 11.8 Å². The predicted octanol–water partition coefficient (Wildman–Crippen LogP) is 4.94. The lowest BCUT2D eigenvalue weighted by Gasteiger charge is -2.14. The van der Waals surface area contributed by atoms with Gasteiger partial charge in [0.15, 0.2) is 5.76 Å². The summed E-state index contributed by atoms with van der Waals surface area (Å²) in [6.07, 6.45) is 0.991. The summed E-state index contributed by atoms with van der Waals surface area (Å²) in [4.78, 5) is 12.2. The van der Waals surface area contributed by atoms with Gasteiger partial charge in [-0.05, 0) is 40.5 Å². The van der Waals surface area contributed by atoms with E-state index in [9.17, 15) is 9.90 Å². The Hall–Kier alpha value is -4.50. The van der Waals surface area contributed by atoms with Crippen molar-refractivity contribution < 1.29 is 19.2 Å². The highest BCUT2D eigenvalue weighted by atomic mass is 16.5. The minimum atomic E-state index is -0.515. The first kappa shape index (κ1) is 20.4. The molecule has 0 unspecified atom stereocenters. The number of rotatable bonds is 4. The summed E-state index contributed by atoms with van der Waals surface area (Å²) in [5.41, 5.74) is 5.89. The second kappa shape index (κ2) is 8.93. The smallest absolute Gasteiger partial charge is 0.407 e. The van der Waals surface area contributed by atoms with Crippen LogP contribution in [0.25, 0.3) is 22.5 Å². The Labute approximate surface area is 190 Å². The van der Waals surface area contributed by atoms with Crippen molar-refractivity contribution in [3.8, 4) is 40.0 Å². The molecule has 0 radical (unpaired) electrons. The molecule has 4 aromatic rings. The lowest BCUT2D eigenvalue weighted by atomic mass is 9.98. The van der Waals surface area contributed by atoms with Crippen LogP contribution in [0.3, 0.4) is 0 Å². The van der Waals surface area contributed by atoms with E-state index in [0.29, 0.717) is 16.9 Å². The van der Waals surface area contributed by atoms with Crippen LogP contribution in [0.1, 0.15) is 22.6 Å². The number of phenolic OH excluding ortho intramolecular Hbond substituents is 1. The monoisotopic (exact) mass is 436 g/mol. The van der Waals surface area contributed by atoms with Crippen molar-refractivity contribution in [1.82, 2.24) is 10.5 Å². The summed E-state index contributed by atoms with van der Waals surface area (Å²) in [6, 6.07) is 23.0. The van der Waals surface area contributed by atoms with E-state index < -0.39 is 6.09 Å². The van der Waals surface area contributed by atoms with Crippen molar-refractivity contribution in [3.63, 3.8) is 0 Å². The maximum Gasteiger partial charge on any atom is 0.407 e. The average molecular weight is 436 g/mol. The number of alkyl carbamates (subject to hydrolysis) is 1. The van der Waals surface area contributed by atoms with E-state index in [1.165, 1.54) is 28.5 Å². The van der Waals surface area contributed by atoms with Gasteiger partial charge in [-0.25, -0.2) is 4.79 Å². The molecule has 0 aliphatic heterocycles. The third kappa shape index (κ3) is 4.17. The quantitative estimate of drug-likeness (QED) is 0.443. The highest BCUT2D eigenvalue weighted by Gasteiger charge is 2.28. The number of fused-ring (bicyclic) bond motifs is 3. The summed E-state index contributed by atoms with van der Waals surface area (Å²) in [5, 5.41) is 16.3. The van der Waals surface area contributed by atoms with Gasteiger partial charge in [0.05, 0.1) is 18.3 Å². The minimum absolute atomic E-state index is 0.0146. The molecule has 1 aromatic heterocycles. The van der Waals surface area contributed by atoms with E-state index in [2.05, 4.69) is 46.6 Å². The van der Waals surface area contributed by atoms with Gasteiger partial charge in [-0.1, -0.05) is 65.5 Å². The third-order valence-corrected chi connectivity index (χ3v) is 5.60. The van der Waals surface area contributed by atoms with Crippen molar-refractivity contribution in [1.29, 1.82) is 0 Å². The number of nitrogens with zero attached hydrogens (tertiary/aromatic N) is 1. The first-order valence-corrected chi connectivity index (χ1v) is 10.5. The van der Waals surface area contributed by atoms with Gasteiger partial charge in [-0.2, -0.15) is 0 Å². The molecule has 0 saturated heterocycles. The normalized spacial score (nSPS) is 11.8. The number of benzene rings is 3. The van der Waals surface area contributed by atoms with Crippen LogP contribution in [0.4, 0.5) is 4.79 Å². The molecule has 1 aliphatic carbocycles. The first-order chi connectivity index (χ1) is 16.2. The van der Waals surface area contributed by atoms with E-state index in [-0.39, 0.29) is 24.8 Å². The molecule has 0 spiro atoms. The summed E-state index contributed by atoms with van der Waals surface area (Å²) in [6.45, 7) is 0.390. The topological polar surface area (TPSA) is 84.6 Å². The molecule has 6 heteroatoms. The lowest BCUT2D eigenvalue weighted by Crippen LogP contribution is -2.26. The molecule has 0 atom stereocenters. The summed E-state index contributed by atoms with van der Waals surface area (Å²) in [7, 11) is 0. The van der Waals surface area contributed by atoms with Crippen LogP contribution in [-0.4, -0.2) is 29.5 Å². The average Bonchev–Trinajstić information content (AvgIpc) is 3.48. The van der Waals surface area contributed by atoms with Crippen LogP contribution in [-0.2, 0) is 4.74 Å². The number of carbonyl (C=O) groups is 1. The molecular weight excluding hydrogens is 416 g/mol. The second-order valence-corrected chi connectivity index (χ2v) is 7.59. The Bertz CT molecular complexity index is 1320. The van der Waals surface area contributed by atoms with E-state index >= 15 is 0 Å². The number of amides is 1. The number of aromatic hydroxyl groups is 1. The lowest BCUT2D eigenvalue weighted by molar-refractivity contribution is 0.144. The Kier molecular flexibility index (Phi) is 5.52. The van der Waals surface area contributed by atoms with Crippen molar-refractivity contribution in [2.24, 2.45) is 0 Å². The Morgan fingerprint density at radius 3 is 2.42 bits per heavy atom. The number of aromatic nitrogens is 1. The maximum atomic E-state index is 12.2. The van der Waals surface area contributed by atoms with Gasteiger partial charge in [-0.15, -0.1) is 0 Å². The molecule has 3 aromatic carbocycles. The van der Waals surface area contributed by atoms with Crippen LogP contribution in [0.5, 0.6) is 5.75 Å². The molecular formula is C27H20N2O4. The number of hydrogen-bond donors (Lipinski definition) is 2. The van der Waals surface area contributed by atoms with Crippen LogP contribution in [0.15, 0.2) is 83.5 Å². The number of ether oxygens (including phenoxy) is 1. The number of hydrogen-bond acceptors (Lipinski definition) is 5. The highest BCUT2D eigenvalue weighted by molar-refractivity contribution is 5.79. The van der Waals surface area contributed by atoms with E-state index in [1.54, 1.807) is 24.3 Å².